The topological polar surface area (TPSA) is 117 Å². The second-order valence-electron chi connectivity index (χ2n) is 20.2. The van der Waals surface area contributed by atoms with Crippen LogP contribution in [0.2, 0.25) is 0 Å². The predicted molar refractivity (Wildman–Crippen MR) is 212 cm³/mol. The van der Waals surface area contributed by atoms with Crippen molar-refractivity contribution in [3.05, 3.63) is 47.9 Å². The molecule has 1 aromatic heterocycles. The fourth-order valence-electron chi connectivity index (χ4n) is 13.7. The number of nitrogens with two attached hydrogens (primary N) is 1. The number of ether oxygens (including phenoxy) is 1. The van der Waals surface area contributed by atoms with Gasteiger partial charge in [0.25, 0.3) is 0 Å². The van der Waals surface area contributed by atoms with E-state index in [0.717, 1.165) is 76.7 Å². The van der Waals surface area contributed by atoms with Gasteiger partial charge in [-0.05, 0) is 175 Å². The molecule has 290 valence electrons. The average molecular weight is 726 g/mol. The highest BCUT2D eigenvalue weighted by Gasteiger charge is 2.67. The Hall–Kier alpha value is -2.35. The summed E-state index contributed by atoms with van der Waals surface area (Å²) in [5.74, 6) is 3.96. The molecule has 1 aliphatic heterocycles. The van der Waals surface area contributed by atoms with Crippen LogP contribution in [0.5, 0.6) is 0 Å². The number of benzene rings is 1. The van der Waals surface area contributed by atoms with Crippen LogP contribution in [-0.2, 0) is 17.6 Å². The molecule has 5 saturated carbocycles. The van der Waals surface area contributed by atoms with Crippen LogP contribution in [0.25, 0.3) is 10.8 Å². The number of epoxide rings is 1. The van der Waals surface area contributed by atoms with Crippen molar-refractivity contribution >= 4 is 16.7 Å². The molecule has 2 heterocycles. The Kier molecular flexibility index (Phi) is 9.38. The molecule has 0 bridgehead atoms. The molecule has 1 aromatic carbocycles. The minimum absolute atomic E-state index is 0.00759. The number of allylic oxidation sites excluding steroid dienone is 1. The summed E-state index contributed by atoms with van der Waals surface area (Å²) in [5.41, 5.74) is 10.9. The van der Waals surface area contributed by atoms with Crippen LogP contribution in [0.1, 0.15) is 141 Å². The number of aliphatic hydroxyl groups excluding tert-OH is 1. The molecule has 0 unspecified atom stereocenters. The number of nitrogens with zero attached hydrogens (tertiary/aromatic N) is 1. The van der Waals surface area contributed by atoms with Gasteiger partial charge in [-0.25, -0.2) is 0 Å². The van der Waals surface area contributed by atoms with Gasteiger partial charge in [0.2, 0.25) is 0 Å². The monoisotopic (exact) mass is 726 g/mol. The van der Waals surface area contributed by atoms with Gasteiger partial charge in [-0.2, -0.15) is 0 Å². The van der Waals surface area contributed by atoms with Gasteiger partial charge in [0, 0.05) is 35.2 Å². The molecular weight excluding hydrogens is 659 g/mol. The summed E-state index contributed by atoms with van der Waals surface area (Å²) in [4.78, 5) is 4.96. The Morgan fingerprint density at radius 2 is 1.89 bits per heavy atom. The minimum Gasteiger partial charge on any atom is -0.471 e. The van der Waals surface area contributed by atoms with Gasteiger partial charge in [-0.3, -0.25) is 4.99 Å². The second kappa shape index (κ2) is 13.7. The van der Waals surface area contributed by atoms with Gasteiger partial charge < -0.3 is 30.4 Å². The zero-order valence-electron chi connectivity index (χ0n) is 32.7. The van der Waals surface area contributed by atoms with Crippen molar-refractivity contribution in [2.75, 3.05) is 6.54 Å². The van der Waals surface area contributed by atoms with Crippen LogP contribution in [0.4, 0.5) is 0 Å². The van der Waals surface area contributed by atoms with Crippen molar-refractivity contribution in [2.24, 2.45) is 51.1 Å². The third-order valence-corrected chi connectivity index (χ3v) is 16.7. The van der Waals surface area contributed by atoms with Crippen molar-refractivity contribution in [2.45, 2.75) is 172 Å². The van der Waals surface area contributed by atoms with Gasteiger partial charge in [0.05, 0.1) is 35.9 Å². The highest BCUT2D eigenvalue weighted by molar-refractivity contribution is 5.86. The first kappa shape index (κ1) is 36.3. The molecule has 1 saturated heterocycles. The number of aryl methyl sites for hydroxylation is 1. The van der Waals surface area contributed by atoms with E-state index in [4.69, 9.17) is 26.5 Å². The molecule has 12 atom stereocenters. The molecule has 1 spiro atoms. The maximum Gasteiger partial charge on any atom is 0.188 e. The SMILES string of the molecule is C=C1C[C@@]2(CC[C@H](CC[C@@]3(O)CCC[C@H](O)C3)C2)[C@@H]2O[C@]2(C)CC[C@@H]2[C@@H]1C[C@]2(C)[C@@H]1CC[C@H](CN=C(N)N[C@@H]2CCCc3ccc4cocc4c3C2)C1. The lowest BCUT2D eigenvalue weighted by molar-refractivity contribution is -0.0693. The lowest BCUT2D eigenvalue weighted by Gasteiger charge is -2.58. The van der Waals surface area contributed by atoms with E-state index in [0.29, 0.717) is 53.6 Å². The Bertz CT molecular complexity index is 1720. The summed E-state index contributed by atoms with van der Waals surface area (Å²) >= 11 is 0. The van der Waals surface area contributed by atoms with Crippen LogP contribution in [0.3, 0.4) is 0 Å². The normalized spacial score (nSPS) is 44.3. The van der Waals surface area contributed by atoms with Crippen molar-refractivity contribution < 1.29 is 19.4 Å². The zero-order valence-corrected chi connectivity index (χ0v) is 32.7. The van der Waals surface area contributed by atoms with Crippen molar-refractivity contribution in [1.29, 1.82) is 0 Å². The minimum atomic E-state index is -0.671. The number of hydrogen-bond acceptors (Lipinski definition) is 5. The fraction of sp³-hybridized carbons (Fsp3) is 0.761. The molecule has 7 nitrogen and oxygen atoms in total. The summed E-state index contributed by atoms with van der Waals surface area (Å²) in [6.07, 6.45) is 25.6. The smallest absolute Gasteiger partial charge is 0.188 e. The van der Waals surface area contributed by atoms with Gasteiger partial charge in [0.15, 0.2) is 5.96 Å². The first-order chi connectivity index (χ1) is 25.4. The maximum absolute atomic E-state index is 11.2. The van der Waals surface area contributed by atoms with Gasteiger partial charge in [0.1, 0.15) is 0 Å². The van der Waals surface area contributed by atoms with Crippen molar-refractivity contribution in [3.8, 4) is 0 Å². The molecule has 7 heteroatoms. The summed E-state index contributed by atoms with van der Waals surface area (Å²) in [5, 5.41) is 27.5. The molecule has 5 N–H and O–H groups in total. The molecule has 9 rings (SSSR count). The molecule has 6 aliphatic carbocycles. The third-order valence-electron chi connectivity index (χ3n) is 16.7. The van der Waals surface area contributed by atoms with Crippen molar-refractivity contribution in [3.63, 3.8) is 0 Å². The Morgan fingerprint density at radius 1 is 1.00 bits per heavy atom. The van der Waals surface area contributed by atoms with E-state index in [-0.39, 0.29) is 17.1 Å². The van der Waals surface area contributed by atoms with E-state index in [2.05, 4.69) is 31.3 Å². The van der Waals surface area contributed by atoms with Crippen LogP contribution in [-0.4, -0.2) is 52.2 Å². The first-order valence-electron chi connectivity index (χ1n) is 21.7. The van der Waals surface area contributed by atoms with Crippen LogP contribution < -0.4 is 11.1 Å². The van der Waals surface area contributed by atoms with Crippen LogP contribution >= 0.6 is 0 Å². The molecule has 0 radical (unpaired) electrons. The number of nitrogens with one attached hydrogen (secondary N) is 1. The van der Waals surface area contributed by atoms with Gasteiger partial charge >= 0.3 is 0 Å². The number of rotatable bonds is 7. The van der Waals surface area contributed by atoms with E-state index < -0.39 is 5.60 Å². The van der Waals surface area contributed by atoms with E-state index in [9.17, 15) is 10.2 Å². The van der Waals surface area contributed by atoms with Crippen LogP contribution in [0, 0.1) is 40.4 Å². The van der Waals surface area contributed by atoms with E-state index >= 15 is 0 Å². The number of fused-ring (bicyclic) bond motifs is 6. The van der Waals surface area contributed by atoms with Gasteiger partial charge in [-0.15, -0.1) is 0 Å². The van der Waals surface area contributed by atoms with Crippen LogP contribution in [0.15, 0.2) is 46.2 Å². The fourth-order valence-corrected chi connectivity index (χ4v) is 13.7. The molecule has 7 aliphatic rings. The molecule has 2 aromatic rings. The average Bonchev–Trinajstić information content (AvgIpc) is 3.50. The summed E-state index contributed by atoms with van der Waals surface area (Å²) in [6, 6.07) is 4.77. The Balaban J connectivity index is 0.798. The molecule has 6 fully saturated rings. The van der Waals surface area contributed by atoms with E-state index in [1.807, 2.05) is 12.5 Å². The standard InChI is InChI=1S/C46H67N3O4/c1-29-22-45(18-13-30(23-45)14-19-46(51)16-5-8-36(50)24-46)41-44(3,53-41)17-15-40-38(29)25-43(40,2)34-12-9-31(20-34)26-48-42(47)49-35-7-4-6-32-10-11-33-27-52-28-39(33)37(32)21-35/h10-11,27-28,30-31,34-36,38,40-41,50-51H,1,4-9,12-26H2,2-3H3,(H3,47,48,49)/t30-,31+,34-,35-,36+,38-,40-,41-,43-,44-,45-,46+/m1/s1. The quantitative estimate of drug-likeness (QED) is 0.0746. The summed E-state index contributed by atoms with van der Waals surface area (Å²) in [7, 11) is 0. The Morgan fingerprint density at radius 3 is 2.75 bits per heavy atom. The predicted octanol–water partition coefficient (Wildman–Crippen LogP) is 8.77. The number of aliphatic hydroxyl groups is 2. The highest BCUT2D eigenvalue weighted by Crippen LogP contribution is 2.69. The van der Waals surface area contributed by atoms with E-state index in [1.165, 1.54) is 85.3 Å². The highest BCUT2D eigenvalue weighted by atomic mass is 16.6. The van der Waals surface area contributed by atoms with Gasteiger partial charge in [-0.1, -0.05) is 31.2 Å². The largest absolute Gasteiger partial charge is 0.471 e. The molecule has 0 amide bonds. The lowest BCUT2D eigenvalue weighted by atomic mass is 9.46. The molecular formula is C46H67N3O4. The third kappa shape index (κ3) is 6.81. The zero-order chi connectivity index (χ0) is 36.6. The Labute approximate surface area is 318 Å². The second-order valence-corrected chi connectivity index (χ2v) is 20.2. The number of aliphatic imine (C=N–C) groups is 1. The van der Waals surface area contributed by atoms with Crippen molar-refractivity contribution in [1.82, 2.24) is 5.32 Å². The summed E-state index contributed by atoms with van der Waals surface area (Å²) in [6.45, 7) is 10.7. The van der Waals surface area contributed by atoms with E-state index in [1.54, 1.807) is 0 Å². The summed E-state index contributed by atoms with van der Waals surface area (Å²) < 4.78 is 12.3. The maximum atomic E-state index is 11.2. The molecule has 53 heavy (non-hydrogen) atoms. The number of hydrogen-bond donors (Lipinski definition) is 4. The lowest BCUT2D eigenvalue weighted by Crippen LogP contribution is -2.51. The first-order valence-corrected chi connectivity index (χ1v) is 21.7. The number of guanidine groups is 1. The number of furan rings is 1.